The highest BCUT2D eigenvalue weighted by molar-refractivity contribution is 5.10. The number of rotatable bonds is 2. The van der Waals surface area contributed by atoms with Gasteiger partial charge in [-0.3, -0.25) is 0 Å². The van der Waals surface area contributed by atoms with E-state index in [0.29, 0.717) is 6.04 Å². The van der Waals surface area contributed by atoms with E-state index in [0.717, 1.165) is 6.42 Å². The van der Waals surface area contributed by atoms with Crippen LogP contribution in [0.1, 0.15) is 27.2 Å². The molecule has 1 aliphatic carbocycles. The topological polar surface area (TPSA) is 21.3 Å². The van der Waals surface area contributed by atoms with Crippen molar-refractivity contribution in [2.75, 3.05) is 14.2 Å². The Kier molecular flexibility index (Phi) is 2.01. The van der Waals surface area contributed by atoms with Crippen molar-refractivity contribution in [3.63, 3.8) is 0 Å². The molecular weight excluding hydrogens is 138 g/mol. The third-order valence-corrected chi connectivity index (χ3v) is 3.63. The highest BCUT2D eigenvalue weighted by Gasteiger charge is 2.56. The Balaban J connectivity index is 2.67. The van der Waals surface area contributed by atoms with Gasteiger partial charge >= 0.3 is 0 Å². The molecule has 2 heteroatoms. The molecule has 11 heavy (non-hydrogen) atoms. The van der Waals surface area contributed by atoms with Crippen molar-refractivity contribution in [1.82, 2.24) is 5.32 Å². The second-order valence-corrected chi connectivity index (χ2v) is 4.20. The molecule has 0 spiro atoms. The van der Waals surface area contributed by atoms with Crippen LogP contribution in [0.4, 0.5) is 0 Å². The molecular formula is C9H19NO. The van der Waals surface area contributed by atoms with Crippen LogP contribution in [0, 0.1) is 5.41 Å². The lowest BCUT2D eigenvalue weighted by Crippen LogP contribution is -2.67. The van der Waals surface area contributed by atoms with Crippen LogP contribution in [0.25, 0.3) is 0 Å². The smallest absolute Gasteiger partial charge is 0.0731 e. The molecule has 2 nitrogen and oxygen atoms in total. The fourth-order valence-electron chi connectivity index (χ4n) is 1.95. The summed E-state index contributed by atoms with van der Waals surface area (Å²) >= 11 is 0. The maximum atomic E-state index is 5.48. The first-order valence-electron chi connectivity index (χ1n) is 4.20. The Labute approximate surface area is 69.3 Å². The molecule has 0 heterocycles. The Hall–Kier alpha value is -0.0800. The monoisotopic (exact) mass is 157 g/mol. The van der Waals surface area contributed by atoms with Gasteiger partial charge in [0.2, 0.25) is 0 Å². The fraction of sp³-hybridized carbons (Fsp3) is 1.00. The van der Waals surface area contributed by atoms with Gasteiger partial charge in [0.05, 0.1) is 5.60 Å². The first kappa shape index (κ1) is 9.01. The average Bonchev–Trinajstić information content (AvgIpc) is 1.99. The summed E-state index contributed by atoms with van der Waals surface area (Å²) in [6.07, 6.45) is 1.12. The van der Waals surface area contributed by atoms with E-state index in [1.165, 1.54) is 0 Å². The van der Waals surface area contributed by atoms with Gasteiger partial charge in [0, 0.05) is 18.6 Å². The van der Waals surface area contributed by atoms with Crippen molar-refractivity contribution in [2.45, 2.75) is 38.8 Å². The van der Waals surface area contributed by atoms with Gasteiger partial charge in [-0.2, -0.15) is 0 Å². The summed E-state index contributed by atoms with van der Waals surface area (Å²) in [6, 6.07) is 0.604. The molecule has 2 atom stereocenters. The van der Waals surface area contributed by atoms with Crippen LogP contribution in [0.5, 0.6) is 0 Å². The van der Waals surface area contributed by atoms with E-state index in [4.69, 9.17) is 4.74 Å². The summed E-state index contributed by atoms with van der Waals surface area (Å²) in [7, 11) is 3.81. The lowest BCUT2D eigenvalue weighted by molar-refractivity contribution is -0.179. The van der Waals surface area contributed by atoms with Gasteiger partial charge in [0.25, 0.3) is 0 Å². The quantitative estimate of drug-likeness (QED) is 0.654. The molecule has 1 N–H and O–H groups in total. The normalized spacial score (nSPS) is 41.7. The van der Waals surface area contributed by atoms with Crippen LogP contribution < -0.4 is 5.32 Å². The molecule has 1 fully saturated rings. The molecule has 1 saturated carbocycles. The lowest BCUT2D eigenvalue weighted by Gasteiger charge is -2.59. The lowest BCUT2D eigenvalue weighted by atomic mass is 9.56. The number of hydrogen-bond donors (Lipinski definition) is 1. The van der Waals surface area contributed by atoms with Crippen LogP contribution in [0.15, 0.2) is 0 Å². The van der Waals surface area contributed by atoms with Crippen molar-refractivity contribution >= 4 is 0 Å². The van der Waals surface area contributed by atoms with Gasteiger partial charge in [-0.15, -0.1) is 0 Å². The highest BCUT2D eigenvalue weighted by atomic mass is 16.5. The molecule has 0 amide bonds. The second-order valence-electron chi connectivity index (χ2n) is 4.20. The zero-order valence-corrected chi connectivity index (χ0v) is 8.19. The van der Waals surface area contributed by atoms with Crippen molar-refractivity contribution in [1.29, 1.82) is 0 Å². The molecule has 0 aliphatic heterocycles. The summed E-state index contributed by atoms with van der Waals surface area (Å²) in [5.74, 6) is 0. The van der Waals surface area contributed by atoms with E-state index in [1.54, 1.807) is 7.11 Å². The molecule has 0 radical (unpaired) electrons. The number of ether oxygens (including phenoxy) is 1. The summed E-state index contributed by atoms with van der Waals surface area (Å²) in [4.78, 5) is 0. The molecule has 2 unspecified atom stereocenters. The molecule has 1 rings (SSSR count). The average molecular weight is 157 g/mol. The summed E-state index contributed by atoms with van der Waals surface area (Å²) in [5.41, 5.74) is 0.331. The third kappa shape index (κ3) is 1.00. The Bertz CT molecular complexity index is 156. The molecule has 66 valence electrons. The Morgan fingerprint density at radius 1 is 1.36 bits per heavy atom. The van der Waals surface area contributed by atoms with Gasteiger partial charge in [0.1, 0.15) is 0 Å². The largest absolute Gasteiger partial charge is 0.378 e. The minimum Gasteiger partial charge on any atom is -0.378 e. The van der Waals surface area contributed by atoms with Crippen molar-refractivity contribution in [2.24, 2.45) is 5.41 Å². The van der Waals surface area contributed by atoms with Crippen molar-refractivity contribution in [3.05, 3.63) is 0 Å². The molecule has 0 saturated heterocycles. The molecule has 1 aliphatic rings. The Morgan fingerprint density at radius 2 is 1.91 bits per heavy atom. The maximum absolute atomic E-state index is 5.48. The van der Waals surface area contributed by atoms with E-state index in [1.807, 2.05) is 7.05 Å². The predicted molar refractivity (Wildman–Crippen MR) is 46.7 cm³/mol. The minimum absolute atomic E-state index is 0.0701. The van der Waals surface area contributed by atoms with Crippen LogP contribution in [0.3, 0.4) is 0 Å². The molecule has 0 aromatic heterocycles. The second kappa shape index (κ2) is 2.46. The van der Waals surface area contributed by atoms with Crippen LogP contribution >= 0.6 is 0 Å². The maximum Gasteiger partial charge on any atom is 0.0731 e. The van der Waals surface area contributed by atoms with Gasteiger partial charge in [-0.1, -0.05) is 13.8 Å². The number of nitrogens with one attached hydrogen (secondary N) is 1. The summed E-state index contributed by atoms with van der Waals surface area (Å²) in [6.45, 7) is 6.68. The van der Waals surface area contributed by atoms with E-state index in [-0.39, 0.29) is 11.0 Å². The third-order valence-electron chi connectivity index (χ3n) is 3.63. The fourth-order valence-corrected chi connectivity index (χ4v) is 1.95. The first-order chi connectivity index (χ1) is 4.98. The highest BCUT2D eigenvalue weighted by Crippen LogP contribution is 2.51. The van der Waals surface area contributed by atoms with E-state index in [9.17, 15) is 0 Å². The molecule has 0 bridgehead atoms. The summed E-state index contributed by atoms with van der Waals surface area (Å²) in [5, 5.41) is 3.30. The van der Waals surface area contributed by atoms with E-state index >= 15 is 0 Å². The van der Waals surface area contributed by atoms with E-state index in [2.05, 4.69) is 26.1 Å². The van der Waals surface area contributed by atoms with Gasteiger partial charge in [0.15, 0.2) is 0 Å². The zero-order chi connectivity index (χ0) is 8.70. The SMILES string of the molecule is CNC1CC(C)(OC)C1(C)C. The van der Waals surface area contributed by atoms with Crippen LogP contribution in [-0.2, 0) is 4.74 Å². The van der Waals surface area contributed by atoms with Crippen molar-refractivity contribution in [3.8, 4) is 0 Å². The van der Waals surface area contributed by atoms with Crippen molar-refractivity contribution < 1.29 is 4.74 Å². The van der Waals surface area contributed by atoms with Gasteiger partial charge in [-0.25, -0.2) is 0 Å². The number of methoxy groups -OCH3 is 1. The molecule has 0 aromatic rings. The predicted octanol–water partition coefficient (Wildman–Crippen LogP) is 1.41. The van der Waals surface area contributed by atoms with Gasteiger partial charge in [-0.05, 0) is 20.4 Å². The Morgan fingerprint density at radius 3 is 2.18 bits per heavy atom. The van der Waals surface area contributed by atoms with E-state index < -0.39 is 0 Å². The first-order valence-corrected chi connectivity index (χ1v) is 4.20. The van der Waals surface area contributed by atoms with Crippen LogP contribution in [0.2, 0.25) is 0 Å². The minimum atomic E-state index is 0.0701. The summed E-state index contributed by atoms with van der Waals surface area (Å²) < 4.78 is 5.48. The van der Waals surface area contributed by atoms with Gasteiger partial charge < -0.3 is 10.1 Å². The number of hydrogen-bond acceptors (Lipinski definition) is 2. The molecule has 0 aromatic carbocycles. The van der Waals surface area contributed by atoms with Crippen LogP contribution in [-0.4, -0.2) is 25.8 Å². The zero-order valence-electron chi connectivity index (χ0n) is 8.19. The standard InChI is InChI=1S/C9H19NO/c1-8(2)7(10-4)6-9(8,3)11-5/h7,10H,6H2,1-5H3.